The van der Waals surface area contributed by atoms with Gasteiger partial charge in [0.05, 0.1) is 0 Å². The molecule has 1 aromatic rings. The van der Waals surface area contributed by atoms with Crippen molar-refractivity contribution in [1.29, 1.82) is 0 Å². The van der Waals surface area contributed by atoms with Crippen LogP contribution in [0, 0.1) is 5.92 Å². The zero-order valence-electron chi connectivity index (χ0n) is 12.7. The monoisotopic (exact) mass is 262 g/mol. The average molecular weight is 262 g/mol. The first-order valence-corrected chi connectivity index (χ1v) is 6.97. The Morgan fingerprint density at radius 3 is 2.47 bits per heavy atom. The maximum atomic E-state index is 12.1. The summed E-state index contributed by atoms with van der Waals surface area (Å²) in [7, 11) is 0. The van der Waals surface area contributed by atoms with Crippen molar-refractivity contribution < 1.29 is 4.79 Å². The van der Waals surface area contributed by atoms with Gasteiger partial charge in [-0.1, -0.05) is 52.8 Å². The smallest absolute Gasteiger partial charge is 0.228 e. The summed E-state index contributed by atoms with van der Waals surface area (Å²) in [6, 6.07) is 8.02. The molecule has 0 radical (unpaired) electrons. The number of carbonyl (C=O) groups excluding carboxylic acids is 1. The molecule has 0 saturated carbocycles. The maximum absolute atomic E-state index is 12.1. The molecule has 1 aromatic carbocycles. The molecule has 3 nitrogen and oxygen atoms in total. The van der Waals surface area contributed by atoms with Crippen molar-refractivity contribution in [2.75, 3.05) is 18.4 Å². The summed E-state index contributed by atoms with van der Waals surface area (Å²) in [5.74, 6) is 0.0330. The van der Waals surface area contributed by atoms with Crippen molar-refractivity contribution in [3.8, 4) is 0 Å². The molecule has 106 valence electrons. The second kappa shape index (κ2) is 6.71. The summed E-state index contributed by atoms with van der Waals surface area (Å²) in [4.78, 5) is 12.1. The first-order valence-electron chi connectivity index (χ1n) is 6.97. The summed E-state index contributed by atoms with van der Waals surface area (Å²) >= 11 is 0. The number of benzene rings is 1. The predicted octanol–water partition coefficient (Wildman–Crippen LogP) is 3.17. The maximum Gasteiger partial charge on any atom is 0.228 e. The molecule has 1 amide bonds. The summed E-state index contributed by atoms with van der Waals surface area (Å²) in [6.07, 6.45) is 0. The van der Waals surface area contributed by atoms with Gasteiger partial charge in [0, 0.05) is 18.2 Å². The van der Waals surface area contributed by atoms with E-state index >= 15 is 0 Å². The number of anilines is 1. The Bertz CT molecular complexity index is 421. The molecule has 0 saturated heterocycles. The number of rotatable bonds is 5. The van der Waals surface area contributed by atoms with E-state index in [1.807, 2.05) is 32.0 Å². The van der Waals surface area contributed by atoms with Gasteiger partial charge in [-0.3, -0.25) is 4.79 Å². The van der Waals surface area contributed by atoms with Gasteiger partial charge < -0.3 is 10.6 Å². The van der Waals surface area contributed by atoms with Gasteiger partial charge in [0.2, 0.25) is 5.91 Å². The SMILES string of the molecule is CCNCC(C)C(=O)Nc1ccccc1C(C)(C)C. The molecule has 0 aliphatic rings. The van der Waals surface area contributed by atoms with E-state index in [1.165, 1.54) is 5.56 Å². The van der Waals surface area contributed by atoms with E-state index in [-0.39, 0.29) is 17.2 Å². The molecule has 0 aromatic heterocycles. The third-order valence-corrected chi connectivity index (χ3v) is 3.14. The van der Waals surface area contributed by atoms with Crippen LogP contribution in [0.5, 0.6) is 0 Å². The molecule has 2 N–H and O–H groups in total. The number of hydrogen-bond acceptors (Lipinski definition) is 2. The third kappa shape index (κ3) is 4.67. The molecule has 19 heavy (non-hydrogen) atoms. The molecule has 0 fully saturated rings. The molecule has 1 unspecified atom stereocenters. The van der Waals surface area contributed by atoms with Gasteiger partial charge in [0.15, 0.2) is 0 Å². The fourth-order valence-corrected chi connectivity index (χ4v) is 1.96. The van der Waals surface area contributed by atoms with Crippen molar-refractivity contribution in [2.45, 2.75) is 40.0 Å². The standard InChI is InChI=1S/C16H26N2O/c1-6-17-11-12(2)15(19)18-14-10-8-7-9-13(14)16(3,4)5/h7-10,12,17H,6,11H2,1-5H3,(H,18,19). The van der Waals surface area contributed by atoms with Crippen LogP contribution < -0.4 is 10.6 Å². The van der Waals surface area contributed by atoms with Crippen LogP contribution in [0.1, 0.15) is 40.2 Å². The Hall–Kier alpha value is -1.35. The number of para-hydroxylation sites is 1. The van der Waals surface area contributed by atoms with Crippen LogP contribution in [-0.4, -0.2) is 19.0 Å². The third-order valence-electron chi connectivity index (χ3n) is 3.14. The minimum absolute atomic E-state index is 0.0226. The van der Waals surface area contributed by atoms with Crippen LogP contribution in [0.2, 0.25) is 0 Å². The normalized spacial score (nSPS) is 13.1. The predicted molar refractivity (Wildman–Crippen MR) is 81.5 cm³/mol. The largest absolute Gasteiger partial charge is 0.326 e. The van der Waals surface area contributed by atoms with Crippen LogP contribution in [0.15, 0.2) is 24.3 Å². The Balaban J connectivity index is 2.80. The summed E-state index contributed by atoms with van der Waals surface area (Å²) < 4.78 is 0. The lowest BCUT2D eigenvalue weighted by atomic mass is 9.85. The molecule has 0 bridgehead atoms. The van der Waals surface area contributed by atoms with Crippen LogP contribution in [-0.2, 0) is 10.2 Å². The van der Waals surface area contributed by atoms with Crippen LogP contribution in [0.4, 0.5) is 5.69 Å². The molecular weight excluding hydrogens is 236 g/mol. The second-order valence-electron chi connectivity index (χ2n) is 5.99. The summed E-state index contributed by atoms with van der Waals surface area (Å²) in [5, 5.41) is 6.25. The van der Waals surface area contributed by atoms with Crippen molar-refractivity contribution in [2.24, 2.45) is 5.92 Å². The van der Waals surface area contributed by atoms with Crippen LogP contribution in [0.25, 0.3) is 0 Å². The first kappa shape index (κ1) is 15.7. The Labute approximate surface area is 116 Å². The van der Waals surface area contributed by atoms with Gasteiger partial charge in [-0.05, 0) is 23.6 Å². The highest BCUT2D eigenvalue weighted by Gasteiger charge is 2.20. The van der Waals surface area contributed by atoms with E-state index in [0.717, 1.165) is 12.2 Å². The molecule has 0 aliphatic heterocycles. The van der Waals surface area contributed by atoms with Crippen molar-refractivity contribution in [3.05, 3.63) is 29.8 Å². The van der Waals surface area contributed by atoms with Gasteiger partial charge in [0.25, 0.3) is 0 Å². The quantitative estimate of drug-likeness (QED) is 0.855. The Kier molecular flexibility index (Phi) is 5.55. The lowest BCUT2D eigenvalue weighted by Crippen LogP contribution is -2.31. The number of carbonyl (C=O) groups is 1. The van der Waals surface area contributed by atoms with Gasteiger partial charge in [-0.15, -0.1) is 0 Å². The zero-order valence-corrected chi connectivity index (χ0v) is 12.7. The fourth-order valence-electron chi connectivity index (χ4n) is 1.96. The highest BCUT2D eigenvalue weighted by atomic mass is 16.1. The molecule has 0 spiro atoms. The lowest BCUT2D eigenvalue weighted by Gasteiger charge is -2.23. The van der Waals surface area contributed by atoms with Crippen molar-refractivity contribution >= 4 is 11.6 Å². The Morgan fingerprint density at radius 1 is 1.26 bits per heavy atom. The van der Waals surface area contributed by atoms with E-state index in [9.17, 15) is 4.79 Å². The highest BCUT2D eigenvalue weighted by Crippen LogP contribution is 2.29. The van der Waals surface area contributed by atoms with Crippen molar-refractivity contribution in [3.63, 3.8) is 0 Å². The summed E-state index contributed by atoms with van der Waals surface area (Å²) in [5.41, 5.74) is 2.11. The molecule has 0 aliphatic carbocycles. The van der Waals surface area contributed by atoms with Gasteiger partial charge in [-0.25, -0.2) is 0 Å². The minimum atomic E-state index is -0.0343. The topological polar surface area (TPSA) is 41.1 Å². The number of nitrogens with one attached hydrogen (secondary N) is 2. The van der Waals surface area contributed by atoms with E-state index in [4.69, 9.17) is 0 Å². The molecule has 1 rings (SSSR count). The molecule has 0 heterocycles. The van der Waals surface area contributed by atoms with E-state index < -0.39 is 0 Å². The minimum Gasteiger partial charge on any atom is -0.326 e. The highest BCUT2D eigenvalue weighted by molar-refractivity contribution is 5.93. The van der Waals surface area contributed by atoms with Gasteiger partial charge in [-0.2, -0.15) is 0 Å². The Morgan fingerprint density at radius 2 is 1.89 bits per heavy atom. The summed E-state index contributed by atoms with van der Waals surface area (Å²) in [6.45, 7) is 12.0. The van der Waals surface area contributed by atoms with Crippen LogP contribution in [0.3, 0.4) is 0 Å². The molecule has 3 heteroatoms. The van der Waals surface area contributed by atoms with Crippen molar-refractivity contribution in [1.82, 2.24) is 5.32 Å². The van der Waals surface area contributed by atoms with Gasteiger partial charge in [0.1, 0.15) is 0 Å². The second-order valence-corrected chi connectivity index (χ2v) is 5.99. The first-order chi connectivity index (χ1) is 8.86. The van der Waals surface area contributed by atoms with E-state index in [2.05, 4.69) is 37.5 Å². The fraction of sp³-hybridized carbons (Fsp3) is 0.562. The molecular formula is C16H26N2O. The number of amides is 1. The van der Waals surface area contributed by atoms with Crippen LogP contribution >= 0.6 is 0 Å². The van der Waals surface area contributed by atoms with E-state index in [0.29, 0.717) is 6.54 Å². The lowest BCUT2D eigenvalue weighted by molar-refractivity contribution is -0.119. The number of hydrogen-bond donors (Lipinski definition) is 2. The average Bonchev–Trinajstić information content (AvgIpc) is 2.35. The van der Waals surface area contributed by atoms with E-state index in [1.54, 1.807) is 0 Å². The zero-order chi connectivity index (χ0) is 14.5. The molecule has 1 atom stereocenters. The van der Waals surface area contributed by atoms with Gasteiger partial charge >= 0.3 is 0 Å².